The van der Waals surface area contributed by atoms with E-state index >= 15 is 0 Å². The third-order valence-electron chi connectivity index (χ3n) is 3.10. The zero-order chi connectivity index (χ0) is 12.5. The summed E-state index contributed by atoms with van der Waals surface area (Å²) >= 11 is 0. The quantitative estimate of drug-likeness (QED) is 0.866. The number of benzene rings is 1. The largest absolute Gasteiger partial charge is 0.381 e. The predicted molar refractivity (Wildman–Crippen MR) is 73.4 cm³/mol. The fourth-order valence-corrected chi connectivity index (χ4v) is 2.27. The van der Waals surface area contributed by atoms with Crippen molar-refractivity contribution in [1.29, 1.82) is 0 Å². The molecule has 2 atom stereocenters. The smallest absolute Gasteiger partial charge is 0.0512 e. The molecule has 1 heterocycles. The van der Waals surface area contributed by atoms with Gasteiger partial charge in [-0.2, -0.15) is 0 Å². The number of hydrogen-bond acceptors (Lipinski definition) is 2. The van der Waals surface area contributed by atoms with Gasteiger partial charge in [0.25, 0.3) is 0 Å². The molecule has 1 aromatic rings. The first-order valence-electron chi connectivity index (χ1n) is 6.75. The van der Waals surface area contributed by atoms with Crippen molar-refractivity contribution in [2.75, 3.05) is 26.3 Å². The molecule has 1 N–H and O–H groups in total. The molecule has 96 valence electrons. The van der Waals surface area contributed by atoms with Gasteiger partial charge in [0.1, 0.15) is 0 Å². The maximum absolute atomic E-state index is 5.53. The summed E-state index contributed by atoms with van der Waals surface area (Å²) in [6.07, 6.45) is 0. The molecule has 0 bridgehead atoms. The maximum atomic E-state index is 5.53. The van der Waals surface area contributed by atoms with E-state index in [1.807, 2.05) is 13.8 Å². The highest BCUT2D eigenvalue weighted by atomic mass is 16.5. The zero-order valence-electron chi connectivity index (χ0n) is 11.3. The zero-order valence-corrected chi connectivity index (χ0v) is 11.3. The maximum Gasteiger partial charge on any atom is 0.0512 e. The topological polar surface area (TPSA) is 21.3 Å². The van der Waals surface area contributed by atoms with Crippen molar-refractivity contribution >= 4 is 0 Å². The van der Waals surface area contributed by atoms with Crippen molar-refractivity contribution in [3.63, 3.8) is 0 Å². The van der Waals surface area contributed by atoms with Gasteiger partial charge in [-0.1, -0.05) is 44.2 Å². The molecule has 0 spiro atoms. The molecule has 2 nitrogen and oxygen atoms in total. The van der Waals surface area contributed by atoms with Crippen LogP contribution >= 0.6 is 0 Å². The summed E-state index contributed by atoms with van der Waals surface area (Å²) in [6, 6.07) is 10.7. The Morgan fingerprint density at radius 2 is 1.88 bits per heavy atom. The summed E-state index contributed by atoms with van der Waals surface area (Å²) < 4.78 is 5.53. The fraction of sp³-hybridized carbons (Fsp3) is 0.600. The molecule has 1 aromatic carbocycles. The summed E-state index contributed by atoms with van der Waals surface area (Å²) in [6.45, 7) is 9.92. The number of rotatable bonds is 4. The second kappa shape index (κ2) is 8.26. The first kappa shape index (κ1) is 14.2. The van der Waals surface area contributed by atoms with E-state index in [1.165, 1.54) is 5.56 Å². The molecule has 2 heteroatoms. The summed E-state index contributed by atoms with van der Waals surface area (Å²) in [7, 11) is 0. The summed E-state index contributed by atoms with van der Waals surface area (Å²) in [5.74, 6) is 1.25. The normalized spacial score (nSPS) is 23.0. The Morgan fingerprint density at radius 1 is 1.18 bits per heavy atom. The van der Waals surface area contributed by atoms with Crippen molar-refractivity contribution in [3.8, 4) is 0 Å². The van der Waals surface area contributed by atoms with Crippen molar-refractivity contribution in [2.45, 2.75) is 26.7 Å². The van der Waals surface area contributed by atoms with Gasteiger partial charge in [-0.05, 0) is 12.5 Å². The van der Waals surface area contributed by atoms with Crippen molar-refractivity contribution in [2.24, 2.45) is 5.92 Å². The molecule has 0 aliphatic carbocycles. The molecular formula is C15H25NO. The minimum absolute atomic E-state index is 0.623. The van der Waals surface area contributed by atoms with E-state index in [1.54, 1.807) is 0 Å². The lowest BCUT2D eigenvalue weighted by Gasteiger charge is -2.18. The van der Waals surface area contributed by atoms with Crippen molar-refractivity contribution < 1.29 is 4.74 Å². The van der Waals surface area contributed by atoms with Gasteiger partial charge in [0, 0.05) is 31.5 Å². The van der Waals surface area contributed by atoms with Crippen LogP contribution in [0.2, 0.25) is 0 Å². The van der Waals surface area contributed by atoms with Gasteiger partial charge >= 0.3 is 0 Å². The van der Waals surface area contributed by atoms with E-state index in [-0.39, 0.29) is 0 Å². The van der Waals surface area contributed by atoms with E-state index in [2.05, 4.69) is 42.6 Å². The molecule has 0 radical (unpaired) electrons. The predicted octanol–water partition coefficient (Wildman–Crippen LogP) is 3.05. The summed E-state index contributed by atoms with van der Waals surface area (Å²) in [5.41, 5.74) is 1.44. The van der Waals surface area contributed by atoms with E-state index < -0.39 is 0 Å². The molecule has 0 amide bonds. The van der Waals surface area contributed by atoms with Gasteiger partial charge in [-0.15, -0.1) is 0 Å². The second-order valence-corrected chi connectivity index (χ2v) is 4.09. The molecule has 1 aliphatic rings. The van der Waals surface area contributed by atoms with Gasteiger partial charge in [-0.3, -0.25) is 0 Å². The highest BCUT2D eigenvalue weighted by Gasteiger charge is 2.27. The molecule has 0 unspecified atom stereocenters. The van der Waals surface area contributed by atoms with Crippen molar-refractivity contribution in [1.82, 2.24) is 5.32 Å². The monoisotopic (exact) mass is 235 g/mol. The third kappa shape index (κ3) is 4.14. The minimum Gasteiger partial charge on any atom is -0.381 e. The van der Waals surface area contributed by atoms with Crippen molar-refractivity contribution in [3.05, 3.63) is 35.9 Å². The van der Waals surface area contributed by atoms with Gasteiger partial charge in [0.15, 0.2) is 0 Å². The van der Waals surface area contributed by atoms with Crippen LogP contribution in [0.3, 0.4) is 0 Å². The van der Waals surface area contributed by atoms with E-state index in [9.17, 15) is 0 Å². The highest BCUT2D eigenvalue weighted by molar-refractivity contribution is 5.22. The van der Waals surface area contributed by atoms with Crippen LogP contribution in [0.1, 0.15) is 32.3 Å². The Hall–Kier alpha value is -0.860. The van der Waals surface area contributed by atoms with Crippen LogP contribution in [-0.2, 0) is 4.74 Å². The Bertz CT molecular complexity index is 286. The lowest BCUT2D eigenvalue weighted by atomic mass is 9.89. The molecule has 1 saturated heterocycles. The molecular weight excluding hydrogens is 210 g/mol. The highest BCUT2D eigenvalue weighted by Crippen LogP contribution is 2.27. The molecule has 2 rings (SSSR count). The molecule has 0 saturated carbocycles. The van der Waals surface area contributed by atoms with Gasteiger partial charge in [0.2, 0.25) is 0 Å². The van der Waals surface area contributed by atoms with E-state index in [4.69, 9.17) is 4.74 Å². The number of nitrogens with one attached hydrogen (secondary N) is 1. The summed E-state index contributed by atoms with van der Waals surface area (Å²) in [5, 5.41) is 3.45. The Kier molecular flexibility index (Phi) is 6.90. The van der Waals surface area contributed by atoms with Gasteiger partial charge < -0.3 is 10.1 Å². The fourth-order valence-electron chi connectivity index (χ4n) is 2.27. The number of ether oxygens (including phenoxy) is 1. The molecule has 1 aliphatic heterocycles. The van der Waals surface area contributed by atoms with E-state index in [0.29, 0.717) is 11.8 Å². The van der Waals surface area contributed by atoms with Crippen LogP contribution in [0, 0.1) is 5.92 Å². The average Bonchev–Trinajstić information content (AvgIpc) is 2.88. The standard InChI is InChI=1S/C13H19NO.C2H6/c1-2-15-10-12-8-14-9-13(12)11-6-4-3-5-7-11;1-2/h3-7,12-14H,2,8-10H2,1H3;1-2H3/t12-,13-;/m0./s1. The van der Waals surface area contributed by atoms with Gasteiger partial charge in [0.05, 0.1) is 6.61 Å². The Morgan fingerprint density at radius 3 is 2.53 bits per heavy atom. The average molecular weight is 235 g/mol. The van der Waals surface area contributed by atoms with Crippen LogP contribution in [0.25, 0.3) is 0 Å². The molecule has 0 aromatic heterocycles. The first-order valence-corrected chi connectivity index (χ1v) is 6.75. The van der Waals surface area contributed by atoms with Crippen LogP contribution in [0.4, 0.5) is 0 Å². The minimum atomic E-state index is 0.623. The second-order valence-electron chi connectivity index (χ2n) is 4.09. The van der Waals surface area contributed by atoms with Gasteiger partial charge in [-0.25, -0.2) is 0 Å². The SMILES string of the molecule is CC.CCOC[C@@H]1CNC[C@H]1c1ccccc1. The van der Waals surface area contributed by atoms with Crippen LogP contribution in [-0.4, -0.2) is 26.3 Å². The lowest BCUT2D eigenvalue weighted by Crippen LogP contribution is -2.17. The van der Waals surface area contributed by atoms with Crippen LogP contribution in [0.5, 0.6) is 0 Å². The van der Waals surface area contributed by atoms with Crippen LogP contribution in [0.15, 0.2) is 30.3 Å². The van der Waals surface area contributed by atoms with E-state index in [0.717, 1.165) is 26.3 Å². The van der Waals surface area contributed by atoms with Crippen LogP contribution < -0.4 is 5.32 Å². The first-order chi connectivity index (χ1) is 8.42. The Balaban J connectivity index is 0.000000686. The third-order valence-corrected chi connectivity index (χ3v) is 3.10. The Labute approximate surface area is 105 Å². The lowest BCUT2D eigenvalue weighted by molar-refractivity contribution is 0.111. The number of hydrogen-bond donors (Lipinski definition) is 1. The summed E-state index contributed by atoms with van der Waals surface area (Å²) in [4.78, 5) is 0. The molecule has 1 fully saturated rings. The molecule has 17 heavy (non-hydrogen) atoms.